The largest absolute Gasteiger partial charge is 0.573 e. The van der Waals surface area contributed by atoms with Gasteiger partial charge in [-0.1, -0.05) is 12.1 Å². The number of esters is 1. The molecule has 1 unspecified atom stereocenters. The van der Waals surface area contributed by atoms with Crippen LogP contribution in [0.4, 0.5) is 35.4 Å². The van der Waals surface area contributed by atoms with E-state index in [0.717, 1.165) is 17.4 Å². The molecule has 0 aliphatic carbocycles. The second-order valence-electron chi connectivity index (χ2n) is 8.48. The van der Waals surface area contributed by atoms with Crippen LogP contribution in [-0.4, -0.2) is 67.6 Å². The maximum Gasteiger partial charge on any atom is 0.573 e. The average Bonchev–Trinajstić information content (AvgIpc) is 3.49. The van der Waals surface area contributed by atoms with Gasteiger partial charge in [-0.3, -0.25) is 14.5 Å². The number of ether oxygens (including phenoxy) is 2. The van der Waals surface area contributed by atoms with Crippen LogP contribution < -0.4 is 25.6 Å². The number of halogens is 3. The number of carbonyl (C=O) groups excluding carboxylic acids is 3. The van der Waals surface area contributed by atoms with Crippen molar-refractivity contribution in [3.8, 4) is 5.75 Å². The normalized spacial score (nSPS) is 16.2. The predicted molar refractivity (Wildman–Crippen MR) is 137 cm³/mol. The van der Waals surface area contributed by atoms with Crippen molar-refractivity contribution < 1.29 is 37.0 Å². The Balaban J connectivity index is 1.79. The Morgan fingerprint density at radius 1 is 1.18 bits per heavy atom. The third kappa shape index (κ3) is 5.25. The quantitative estimate of drug-likeness (QED) is 0.396. The molecule has 0 fully saturated rings. The van der Waals surface area contributed by atoms with Gasteiger partial charge >= 0.3 is 12.3 Å². The molecule has 0 spiro atoms. The Kier molecular flexibility index (Phi) is 7.28. The van der Waals surface area contributed by atoms with Gasteiger partial charge in [-0.25, -0.2) is 9.78 Å². The molecule has 0 saturated heterocycles. The van der Waals surface area contributed by atoms with Crippen molar-refractivity contribution in [3.63, 3.8) is 0 Å². The molecule has 0 bridgehead atoms. The van der Waals surface area contributed by atoms with Gasteiger partial charge in [-0.2, -0.15) is 0 Å². The number of hydrogen-bond donors (Lipinski definition) is 2. The minimum atomic E-state index is -5.02. The standard InChI is InChI=1S/C24H23F3N6O5S/c1-31(2)19(34)13-37-20(35)14-8-9-16-15(12-14)30-23(21(28)36,32(16)3)33(22-29-10-11-39-22)17-6-4-5-7-18(17)38-24(25,26)27/h4-12,30H,13H2,1-3H3,(H2,28,36). The molecule has 206 valence electrons. The topological polar surface area (TPSA) is 130 Å². The number of hydrogen-bond acceptors (Lipinski definition) is 10. The highest BCUT2D eigenvalue weighted by Gasteiger charge is 2.54. The smallest absolute Gasteiger partial charge is 0.452 e. The molecule has 4 rings (SSSR count). The highest BCUT2D eigenvalue weighted by atomic mass is 32.1. The number of nitrogens with one attached hydrogen (secondary N) is 1. The van der Waals surface area contributed by atoms with Gasteiger partial charge in [-0.15, -0.1) is 24.5 Å². The Morgan fingerprint density at radius 3 is 2.51 bits per heavy atom. The summed E-state index contributed by atoms with van der Waals surface area (Å²) in [6.07, 6.45) is -3.61. The lowest BCUT2D eigenvalue weighted by atomic mass is 10.1. The fourth-order valence-corrected chi connectivity index (χ4v) is 4.68. The van der Waals surface area contributed by atoms with Crippen molar-refractivity contribution in [1.82, 2.24) is 9.88 Å². The molecule has 1 aromatic heterocycles. The molecule has 1 atom stereocenters. The summed E-state index contributed by atoms with van der Waals surface area (Å²) in [5.74, 6) is -4.82. The van der Waals surface area contributed by atoms with Gasteiger partial charge in [0.05, 0.1) is 22.6 Å². The third-order valence-electron chi connectivity index (χ3n) is 5.82. The number of thiazole rings is 1. The third-order valence-corrected chi connectivity index (χ3v) is 6.58. The highest BCUT2D eigenvalue weighted by molar-refractivity contribution is 7.13. The maximum absolute atomic E-state index is 13.3. The number of anilines is 4. The molecule has 11 nitrogen and oxygen atoms in total. The summed E-state index contributed by atoms with van der Waals surface area (Å²) < 4.78 is 49.2. The number of amides is 2. The molecule has 3 N–H and O–H groups in total. The van der Waals surface area contributed by atoms with Gasteiger partial charge < -0.3 is 30.3 Å². The summed E-state index contributed by atoms with van der Waals surface area (Å²) in [7, 11) is 4.53. The van der Waals surface area contributed by atoms with E-state index in [4.69, 9.17) is 10.5 Å². The summed E-state index contributed by atoms with van der Waals surface area (Å²) in [5.41, 5.74) is 6.47. The van der Waals surface area contributed by atoms with Crippen molar-refractivity contribution in [2.75, 3.05) is 42.9 Å². The molecular weight excluding hydrogens is 541 g/mol. The van der Waals surface area contributed by atoms with E-state index in [2.05, 4.69) is 15.0 Å². The molecule has 1 aliphatic heterocycles. The van der Waals surface area contributed by atoms with Crippen molar-refractivity contribution in [1.29, 1.82) is 0 Å². The molecular formula is C24H23F3N6O5S. The van der Waals surface area contributed by atoms with Gasteiger partial charge in [0.25, 0.3) is 17.6 Å². The Labute approximate surface area is 224 Å². The van der Waals surface area contributed by atoms with Crippen LogP contribution in [0, 0.1) is 0 Å². The number of nitrogens with zero attached hydrogens (tertiary/aromatic N) is 4. The van der Waals surface area contributed by atoms with E-state index in [1.54, 1.807) is 5.38 Å². The van der Waals surface area contributed by atoms with Gasteiger partial charge in [-0.05, 0) is 30.3 Å². The number of carbonyl (C=O) groups is 3. The van der Waals surface area contributed by atoms with E-state index in [0.29, 0.717) is 5.69 Å². The van der Waals surface area contributed by atoms with Crippen LogP contribution >= 0.6 is 11.3 Å². The van der Waals surface area contributed by atoms with E-state index in [1.165, 1.54) is 78.4 Å². The minimum absolute atomic E-state index is 0.0584. The van der Waals surface area contributed by atoms with Crippen LogP contribution in [-0.2, 0) is 14.3 Å². The molecule has 39 heavy (non-hydrogen) atoms. The van der Waals surface area contributed by atoms with Crippen molar-refractivity contribution >= 4 is 51.3 Å². The van der Waals surface area contributed by atoms with Crippen LogP contribution in [0.1, 0.15) is 10.4 Å². The number of rotatable bonds is 8. The van der Waals surface area contributed by atoms with Crippen molar-refractivity contribution in [3.05, 3.63) is 59.6 Å². The van der Waals surface area contributed by atoms with E-state index in [-0.39, 0.29) is 22.1 Å². The summed E-state index contributed by atoms with van der Waals surface area (Å²) in [5, 5.41) is 4.68. The summed E-state index contributed by atoms with van der Waals surface area (Å²) in [6.45, 7) is -0.477. The number of nitrogens with two attached hydrogens (primary N) is 1. The Morgan fingerprint density at radius 2 is 1.90 bits per heavy atom. The maximum atomic E-state index is 13.3. The zero-order valence-electron chi connectivity index (χ0n) is 20.9. The zero-order chi connectivity index (χ0) is 28.5. The lowest BCUT2D eigenvalue weighted by Gasteiger charge is -2.43. The minimum Gasteiger partial charge on any atom is -0.452 e. The Hall–Kier alpha value is -4.53. The molecule has 3 aromatic rings. The fraction of sp³-hybridized carbons (Fsp3) is 0.250. The molecule has 0 radical (unpaired) electrons. The lowest BCUT2D eigenvalue weighted by Crippen LogP contribution is -2.68. The number of primary amides is 1. The van der Waals surface area contributed by atoms with Crippen molar-refractivity contribution in [2.45, 2.75) is 12.1 Å². The van der Waals surface area contributed by atoms with Crippen LogP contribution in [0.15, 0.2) is 54.0 Å². The van der Waals surface area contributed by atoms with E-state index < -0.39 is 42.3 Å². The first-order chi connectivity index (χ1) is 18.3. The second kappa shape index (κ2) is 10.3. The van der Waals surface area contributed by atoms with E-state index in [1.807, 2.05) is 0 Å². The molecule has 2 aromatic carbocycles. The van der Waals surface area contributed by atoms with Crippen LogP contribution in [0.3, 0.4) is 0 Å². The van der Waals surface area contributed by atoms with Crippen LogP contribution in [0.5, 0.6) is 5.75 Å². The number of fused-ring (bicyclic) bond motifs is 1. The van der Waals surface area contributed by atoms with Crippen LogP contribution in [0.2, 0.25) is 0 Å². The van der Waals surface area contributed by atoms with E-state index in [9.17, 15) is 27.6 Å². The average molecular weight is 565 g/mol. The molecule has 0 saturated carbocycles. The monoisotopic (exact) mass is 564 g/mol. The van der Waals surface area contributed by atoms with Gasteiger partial charge in [0.2, 0.25) is 0 Å². The zero-order valence-corrected chi connectivity index (χ0v) is 21.7. The number of alkyl halides is 3. The lowest BCUT2D eigenvalue weighted by molar-refractivity contribution is -0.274. The second-order valence-corrected chi connectivity index (χ2v) is 9.36. The summed E-state index contributed by atoms with van der Waals surface area (Å²) in [4.78, 5) is 45.7. The Bertz CT molecular complexity index is 1400. The molecule has 15 heteroatoms. The number of benzene rings is 2. The van der Waals surface area contributed by atoms with Gasteiger partial charge in [0.15, 0.2) is 17.5 Å². The first-order valence-electron chi connectivity index (χ1n) is 11.2. The number of para-hydroxylation sites is 2. The summed E-state index contributed by atoms with van der Waals surface area (Å²) >= 11 is 1.05. The highest BCUT2D eigenvalue weighted by Crippen LogP contribution is 2.48. The SMILES string of the molecule is CN(C)C(=O)COC(=O)c1ccc2c(c1)NC(C(N)=O)(N(c1nccs1)c1ccccc1OC(F)(F)F)N2C. The predicted octanol–water partition coefficient (Wildman–Crippen LogP) is 3.13. The molecule has 2 amide bonds. The van der Waals surface area contributed by atoms with Gasteiger partial charge in [0.1, 0.15) is 0 Å². The van der Waals surface area contributed by atoms with Crippen molar-refractivity contribution in [2.24, 2.45) is 5.73 Å². The molecule has 1 aliphatic rings. The summed E-state index contributed by atoms with van der Waals surface area (Å²) in [6, 6.07) is 9.57. The van der Waals surface area contributed by atoms with Crippen LogP contribution in [0.25, 0.3) is 0 Å². The number of likely N-dealkylation sites (N-methyl/N-ethyl adjacent to an activating group) is 2. The van der Waals surface area contributed by atoms with E-state index >= 15 is 0 Å². The first-order valence-corrected chi connectivity index (χ1v) is 12.1. The number of aromatic nitrogens is 1. The molecule has 2 heterocycles. The fourth-order valence-electron chi connectivity index (χ4n) is 3.98. The van der Waals surface area contributed by atoms with Gasteiger partial charge in [0, 0.05) is 32.7 Å². The first kappa shape index (κ1) is 27.5.